The minimum atomic E-state index is 0.580. The molecule has 0 unspecified atom stereocenters. The molecule has 11 rings (SSSR count). The van der Waals surface area contributed by atoms with Crippen molar-refractivity contribution in [3.63, 3.8) is 0 Å². The van der Waals surface area contributed by atoms with Crippen LogP contribution in [0.2, 0.25) is 0 Å². The van der Waals surface area contributed by atoms with Crippen LogP contribution in [0.5, 0.6) is 0 Å². The van der Waals surface area contributed by atoms with Gasteiger partial charge in [0.2, 0.25) is 0 Å². The highest BCUT2D eigenvalue weighted by atomic mass is 32.1. The van der Waals surface area contributed by atoms with Gasteiger partial charge in [-0.2, -0.15) is 0 Å². The van der Waals surface area contributed by atoms with Gasteiger partial charge in [0.1, 0.15) is 22.3 Å². The summed E-state index contributed by atoms with van der Waals surface area (Å²) in [7, 11) is 0. The molecule has 5 nitrogen and oxygen atoms in total. The third-order valence-corrected chi connectivity index (χ3v) is 10.9. The molecule has 0 amide bonds. The Morgan fingerprint density at radius 3 is 1.92 bits per heavy atom. The summed E-state index contributed by atoms with van der Waals surface area (Å²) in [6, 6.07) is 52.0. The number of rotatable bonds is 4. The van der Waals surface area contributed by atoms with Crippen LogP contribution in [0.4, 0.5) is 0 Å². The molecule has 0 aliphatic rings. The van der Waals surface area contributed by atoms with E-state index in [-0.39, 0.29) is 0 Å². The van der Waals surface area contributed by atoms with Crippen LogP contribution in [-0.4, -0.2) is 15.0 Å². The monoisotopic (exact) mass is 671 g/mol. The Morgan fingerprint density at radius 1 is 0.392 bits per heavy atom. The SMILES string of the molecule is c1ccc(-c2nc(-c3ccc4c(c3)oc3cccc(-c5ccccc5)c34)nc(-c3cc4c5ccccc5oc4c4c3sc3ccccc34)n2)cc1. The smallest absolute Gasteiger partial charge is 0.165 e. The highest BCUT2D eigenvalue weighted by molar-refractivity contribution is 7.26. The third-order valence-electron chi connectivity index (χ3n) is 9.74. The Labute approximate surface area is 295 Å². The number of benzene rings is 7. The highest BCUT2D eigenvalue weighted by Gasteiger charge is 2.22. The molecule has 0 bridgehead atoms. The van der Waals surface area contributed by atoms with Crippen molar-refractivity contribution in [3.8, 4) is 45.3 Å². The fraction of sp³-hybridized carbons (Fsp3) is 0. The van der Waals surface area contributed by atoms with Crippen molar-refractivity contribution in [1.29, 1.82) is 0 Å². The maximum atomic E-state index is 6.55. The molecule has 6 heteroatoms. The van der Waals surface area contributed by atoms with E-state index >= 15 is 0 Å². The van der Waals surface area contributed by atoms with Crippen LogP contribution in [-0.2, 0) is 0 Å². The van der Waals surface area contributed by atoms with Crippen LogP contribution < -0.4 is 0 Å². The first-order valence-electron chi connectivity index (χ1n) is 16.9. The molecule has 0 fully saturated rings. The number of thiophene rings is 1. The zero-order chi connectivity index (χ0) is 33.5. The first-order chi connectivity index (χ1) is 25.3. The third kappa shape index (κ3) is 4.37. The van der Waals surface area contributed by atoms with Gasteiger partial charge in [-0.3, -0.25) is 0 Å². The van der Waals surface area contributed by atoms with E-state index in [1.165, 1.54) is 4.70 Å². The molecule has 0 aliphatic heterocycles. The number of aromatic nitrogens is 3. The maximum absolute atomic E-state index is 6.55. The number of nitrogens with zero attached hydrogens (tertiary/aromatic N) is 3. The van der Waals surface area contributed by atoms with Gasteiger partial charge in [0.25, 0.3) is 0 Å². The Kier molecular flexibility index (Phi) is 6.05. The summed E-state index contributed by atoms with van der Waals surface area (Å²) in [4.78, 5) is 15.5. The van der Waals surface area contributed by atoms with Gasteiger partial charge in [-0.1, -0.05) is 115 Å². The largest absolute Gasteiger partial charge is 0.456 e. The summed E-state index contributed by atoms with van der Waals surface area (Å²) >= 11 is 1.74. The normalized spacial score (nSPS) is 11.9. The van der Waals surface area contributed by atoms with E-state index < -0.39 is 0 Å². The number of hydrogen-bond donors (Lipinski definition) is 0. The first-order valence-corrected chi connectivity index (χ1v) is 17.7. The van der Waals surface area contributed by atoms with Gasteiger partial charge in [-0.25, -0.2) is 15.0 Å². The summed E-state index contributed by atoms with van der Waals surface area (Å²) in [5.74, 6) is 1.80. The van der Waals surface area contributed by atoms with Gasteiger partial charge in [-0.15, -0.1) is 11.3 Å². The average Bonchev–Trinajstić information content (AvgIpc) is 3.89. The van der Waals surface area contributed by atoms with Crippen molar-refractivity contribution in [3.05, 3.63) is 152 Å². The Hall–Kier alpha value is -6.63. The van der Waals surface area contributed by atoms with E-state index in [9.17, 15) is 0 Å². The van der Waals surface area contributed by atoms with Crippen LogP contribution in [0.25, 0.3) is 109 Å². The standard InChI is InChI=1S/C45H25N3O2S/c1-3-12-26(13-4-1)29-18-11-20-36-39(29)31-23-22-28(24-37(31)49-36)44-46-43(27-14-5-2-6-15-27)47-45(48-44)34-25-33-30-16-7-9-19-35(30)50-41(33)40-32-17-8-10-21-38(32)51-42(34)40/h1-25H. The van der Waals surface area contributed by atoms with Crippen LogP contribution in [0.1, 0.15) is 0 Å². The summed E-state index contributed by atoms with van der Waals surface area (Å²) in [5, 5.41) is 6.49. The van der Waals surface area contributed by atoms with Gasteiger partial charge in [0.15, 0.2) is 17.5 Å². The quantitative estimate of drug-likeness (QED) is 0.186. The van der Waals surface area contributed by atoms with Crippen molar-refractivity contribution < 1.29 is 8.83 Å². The molecule has 0 aliphatic carbocycles. The van der Waals surface area contributed by atoms with Gasteiger partial charge in [0.05, 0.1) is 4.70 Å². The molecule has 0 spiro atoms. The fourth-order valence-corrected chi connectivity index (χ4v) is 8.61. The predicted octanol–water partition coefficient (Wildman–Crippen LogP) is 12.7. The lowest BCUT2D eigenvalue weighted by Crippen LogP contribution is -2.00. The molecule has 4 heterocycles. The molecular weight excluding hydrogens is 647 g/mol. The van der Waals surface area contributed by atoms with E-state index in [4.69, 9.17) is 23.8 Å². The lowest BCUT2D eigenvalue weighted by atomic mass is 9.99. The predicted molar refractivity (Wildman–Crippen MR) is 209 cm³/mol. The molecule has 238 valence electrons. The minimum Gasteiger partial charge on any atom is -0.456 e. The zero-order valence-corrected chi connectivity index (χ0v) is 27.8. The molecular formula is C45H25N3O2S. The van der Waals surface area contributed by atoms with Crippen molar-refractivity contribution in [2.24, 2.45) is 0 Å². The van der Waals surface area contributed by atoms with Crippen LogP contribution in [0, 0.1) is 0 Å². The second-order valence-electron chi connectivity index (χ2n) is 12.7. The van der Waals surface area contributed by atoms with Gasteiger partial charge >= 0.3 is 0 Å². The van der Waals surface area contributed by atoms with Crippen molar-refractivity contribution in [2.75, 3.05) is 0 Å². The number of fused-ring (bicyclic) bond motifs is 10. The lowest BCUT2D eigenvalue weighted by Gasteiger charge is -2.10. The Balaban J connectivity index is 1.17. The van der Waals surface area contributed by atoms with E-state index in [0.29, 0.717) is 17.5 Å². The Bertz CT molecular complexity index is 3140. The van der Waals surface area contributed by atoms with E-state index in [1.54, 1.807) is 11.3 Å². The highest BCUT2D eigenvalue weighted by Crippen LogP contribution is 2.46. The molecule has 0 radical (unpaired) electrons. The second kappa shape index (κ2) is 10.9. The van der Waals surface area contributed by atoms with E-state index in [2.05, 4.69) is 91.0 Å². The first kappa shape index (κ1) is 28.2. The average molecular weight is 672 g/mol. The van der Waals surface area contributed by atoms with Crippen molar-refractivity contribution in [2.45, 2.75) is 0 Å². The molecule has 7 aromatic carbocycles. The number of furan rings is 2. The minimum absolute atomic E-state index is 0.580. The lowest BCUT2D eigenvalue weighted by molar-refractivity contribution is 0.669. The molecule has 4 aromatic heterocycles. The van der Waals surface area contributed by atoms with E-state index in [0.717, 1.165) is 87.2 Å². The molecule has 0 saturated carbocycles. The molecule has 0 atom stereocenters. The number of para-hydroxylation sites is 1. The summed E-state index contributed by atoms with van der Waals surface area (Å²) < 4.78 is 15.3. The fourth-order valence-electron chi connectivity index (χ4n) is 7.40. The molecule has 0 N–H and O–H groups in total. The maximum Gasteiger partial charge on any atom is 0.165 e. The van der Waals surface area contributed by atoms with Crippen LogP contribution >= 0.6 is 11.3 Å². The summed E-state index contributed by atoms with van der Waals surface area (Å²) in [6.07, 6.45) is 0. The van der Waals surface area contributed by atoms with Crippen molar-refractivity contribution >= 4 is 75.4 Å². The number of hydrogen-bond acceptors (Lipinski definition) is 6. The molecule has 51 heavy (non-hydrogen) atoms. The zero-order valence-electron chi connectivity index (χ0n) is 27.0. The van der Waals surface area contributed by atoms with Gasteiger partial charge in [-0.05, 0) is 47.5 Å². The topological polar surface area (TPSA) is 65.0 Å². The van der Waals surface area contributed by atoms with Gasteiger partial charge in [0, 0.05) is 53.7 Å². The van der Waals surface area contributed by atoms with Gasteiger partial charge < -0.3 is 8.83 Å². The van der Waals surface area contributed by atoms with Crippen LogP contribution in [0.3, 0.4) is 0 Å². The van der Waals surface area contributed by atoms with E-state index in [1.807, 2.05) is 60.7 Å². The second-order valence-corrected chi connectivity index (χ2v) is 13.8. The van der Waals surface area contributed by atoms with Crippen molar-refractivity contribution in [1.82, 2.24) is 15.0 Å². The Morgan fingerprint density at radius 2 is 1.08 bits per heavy atom. The molecule has 0 saturated heterocycles. The summed E-state index contributed by atoms with van der Waals surface area (Å²) in [6.45, 7) is 0. The summed E-state index contributed by atoms with van der Waals surface area (Å²) in [5.41, 5.74) is 8.39. The molecule has 11 aromatic rings. The van der Waals surface area contributed by atoms with Crippen LogP contribution in [0.15, 0.2) is 160 Å².